The van der Waals surface area contributed by atoms with Crippen molar-refractivity contribution >= 4 is 42.2 Å². The smallest absolute Gasteiger partial charge is 0.287 e. The Hall–Kier alpha value is -1.64. The quantitative estimate of drug-likeness (QED) is 0.543. The predicted molar refractivity (Wildman–Crippen MR) is 99.6 cm³/mol. The zero-order valence-corrected chi connectivity index (χ0v) is 15.4. The van der Waals surface area contributed by atoms with Crippen LogP contribution >= 0.6 is 24.8 Å². The van der Waals surface area contributed by atoms with Gasteiger partial charge in [-0.25, -0.2) is 4.98 Å². The maximum atomic E-state index is 12.1. The van der Waals surface area contributed by atoms with Crippen molar-refractivity contribution < 1.29 is 9.72 Å². The largest absolute Gasteiger partial charge is 0.365 e. The van der Waals surface area contributed by atoms with E-state index >= 15 is 0 Å². The van der Waals surface area contributed by atoms with E-state index in [1.165, 1.54) is 25.1 Å². The first-order valence-corrected chi connectivity index (χ1v) is 7.97. The first-order valence-electron chi connectivity index (χ1n) is 7.97. The SMILES string of the molecule is Cl.Cl.O=C(CNCC1CC1)N1CCC(Nc2ccc([N+](=O)[O-])cn2)C1. The van der Waals surface area contributed by atoms with E-state index in [1.54, 1.807) is 6.07 Å². The third-order valence-corrected chi connectivity index (χ3v) is 4.26. The lowest BCUT2D eigenvalue weighted by atomic mass is 10.2. The first-order chi connectivity index (χ1) is 11.1. The van der Waals surface area contributed by atoms with Gasteiger partial charge in [-0.15, -0.1) is 24.8 Å². The number of rotatable bonds is 7. The standard InChI is InChI=1S/C15H21N5O3.2ClH/c21-15(9-16-7-11-1-2-11)19-6-5-12(10-19)18-14-4-3-13(8-17-14)20(22)23;;/h3-4,8,11-12,16H,1-2,5-7,9-10H2,(H,17,18);2*1H. The molecule has 3 rings (SSSR count). The van der Waals surface area contributed by atoms with Gasteiger partial charge < -0.3 is 15.5 Å². The highest BCUT2D eigenvalue weighted by Gasteiger charge is 2.27. The highest BCUT2D eigenvalue weighted by molar-refractivity contribution is 5.85. The molecule has 2 aliphatic rings. The fourth-order valence-corrected chi connectivity index (χ4v) is 2.71. The molecule has 1 aliphatic heterocycles. The normalized spacial score (nSPS) is 18.9. The first kappa shape index (κ1) is 21.4. The van der Waals surface area contributed by atoms with Crippen LogP contribution in [-0.2, 0) is 4.79 Å². The molecule has 1 aromatic rings. The van der Waals surface area contributed by atoms with Crippen molar-refractivity contribution in [3.63, 3.8) is 0 Å². The van der Waals surface area contributed by atoms with Gasteiger partial charge in [0.15, 0.2) is 0 Å². The summed E-state index contributed by atoms with van der Waals surface area (Å²) in [6, 6.07) is 3.16. The van der Waals surface area contributed by atoms with Crippen molar-refractivity contribution in [2.75, 3.05) is 31.5 Å². The van der Waals surface area contributed by atoms with Gasteiger partial charge in [0.2, 0.25) is 5.91 Å². The summed E-state index contributed by atoms with van der Waals surface area (Å²) in [7, 11) is 0. The molecule has 2 fully saturated rings. The van der Waals surface area contributed by atoms with Gasteiger partial charge in [-0.3, -0.25) is 14.9 Å². The second kappa shape index (κ2) is 9.74. The lowest BCUT2D eigenvalue weighted by molar-refractivity contribution is -0.385. The van der Waals surface area contributed by atoms with Crippen molar-refractivity contribution in [3.8, 4) is 0 Å². The van der Waals surface area contributed by atoms with E-state index in [4.69, 9.17) is 0 Å². The van der Waals surface area contributed by atoms with Gasteiger partial charge >= 0.3 is 0 Å². The number of halogens is 2. The third-order valence-electron chi connectivity index (χ3n) is 4.26. The Bertz CT molecular complexity index is 583. The summed E-state index contributed by atoms with van der Waals surface area (Å²) >= 11 is 0. The van der Waals surface area contributed by atoms with Gasteiger partial charge in [0.05, 0.1) is 11.5 Å². The van der Waals surface area contributed by atoms with Crippen molar-refractivity contribution in [1.29, 1.82) is 0 Å². The molecule has 2 heterocycles. The molecule has 1 unspecified atom stereocenters. The monoisotopic (exact) mass is 391 g/mol. The zero-order chi connectivity index (χ0) is 16.2. The number of nitrogens with zero attached hydrogens (tertiary/aromatic N) is 3. The number of hydrogen-bond acceptors (Lipinski definition) is 6. The number of hydrogen-bond donors (Lipinski definition) is 2. The number of likely N-dealkylation sites (tertiary alicyclic amines) is 1. The minimum atomic E-state index is -0.471. The molecule has 2 N–H and O–H groups in total. The number of aromatic nitrogens is 1. The number of amides is 1. The van der Waals surface area contributed by atoms with Crippen LogP contribution in [0, 0.1) is 16.0 Å². The fraction of sp³-hybridized carbons (Fsp3) is 0.600. The zero-order valence-electron chi connectivity index (χ0n) is 13.7. The van der Waals surface area contributed by atoms with Crippen LogP contribution in [-0.4, -0.2) is 52.9 Å². The van der Waals surface area contributed by atoms with Crippen LogP contribution in [0.5, 0.6) is 0 Å². The van der Waals surface area contributed by atoms with Gasteiger partial charge in [-0.2, -0.15) is 0 Å². The Balaban J connectivity index is 0.00000156. The summed E-state index contributed by atoms with van der Waals surface area (Å²) < 4.78 is 0. The summed E-state index contributed by atoms with van der Waals surface area (Å²) in [5.41, 5.74) is -0.0273. The van der Waals surface area contributed by atoms with E-state index in [2.05, 4.69) is 15.6 Å². The highest BCUT2D eigenvalue weighted by Crippen LogP contribution is 2.27. The number of nitro groups is 1. The van der Waals surface area contributed by atoms with E-state index in [9.17, 15) is 14.9 Å². The van der Waals surface area contributed by atoms with E-state index in [1.807, 2.05) is 4.90 Å². The molecule has 0 bridgehead atoms. The molecule has 1 aromatic heterocycles. The van der Waals surface area contributed by atoms with Gasteiger partial charge in [-0.05, 0) is 37.8 Å². The molecule has 0 aromatic carbocycles. The van der Waals surface area contributed by atoms with Crippen molar-refractivity contribution in [2.45, 2.75) is 25.3 Å². The van der Waals surface area contributed by atoms with E-state index < -0.39 is 4.92 Å². The summed E-state index contributed by atoms with van der Waals surface area (Å²) in [6.45, 7) is 2.71. The molecular weight excluding hydrogens is 369 g/mol. The molecule has 1 atom stereocenters. The molecule has 1 saturated heterocycles. The average molecular weight is 392 g/mol. The maximum absolute atomic E-state index is 12.1. The summed E-state index contributed by atoms with van der Waals surface area (Å²) in [5, 5.41) is 17.0. The lowest BCUT2D eigenvalue weighted by Crippen LogP contribution is -2.38. The molecule has 1 saturated carbocycles. The van der Waals surface area contributed by atoms with Crippen LogP contribution in [0.2, 0.25) is 0 Å². The maximum Gasteiger partial charge on any atom is 0.287 e. The average Bonchev–Trinajstić information content (AvgIpc) is 3.24. The Morgan fingerprint density at radius 2 is 2.08 bits per heavy atom. The van der Waals surface area contributed by atoms with Crippen LogP contribution in [0.25, 0.3) is 0 Å². The summed E-state index contributed by atoms with van der Waals surface area (Å²) in [5.74, 6) is 1.50. The number of pyridine rings is 1. The Morgan fingerprint density at radius 3 is 2.68 bits per heavy atom. The van der Waals surface area contributed by atoms with E-state index in [0.717, 1.165) is 25.4 Å². The van der Waals surface area contributed by atoms with E-state index in [-0.39, 0.29) is 42.5 Å². The van der Waals surface area contributed by atoms with Crippen LogP contribution in [0.15, 0.2) is 18.3 Å². The van der Waals surface area contributed by atoms with Crippen molar-refractivity contribution in [3.05, 3.63) is 28.4 Å². The fourth-order valence-electron chi connectivity index (χ4n) is 2.71. The summed E-state index contributed by atoms with van der Waals surface area (Å²) in [4.78, 5) is 28.1. The van der Waals surface area contributed by atoms with Crippen molar-refractivity contribution in [2.24, 2.45) is 5.92 Å². The Morgan fingerprint density at radius 1 is 1.32 bits per heavy atom. The minimum Gasteiger partial charge on any atom is -0.365 e. The van der Waals surface area contributed by atoms with E-state index in [0.29, 0.717) is 18.9 Å². The van der Waals surface area contributed by atoms with Gasteiger partial charge in [-0.1, -0.05) is 0 Å². The third kappa shape index (κ3) is 6.30. The molecule has 10 heteroatoms. The lowest BCUT2D eigenvalue weighted by Gasteiger charge is -2.17. The predicted octanol–water partition coefficient (Wildman–Crippen LogP) is 1.85. The number of anilines is 1. The molecular formula is C15H23Cl2N5O3. The van der Waals surface area contributed by atoms with Crippen LogP contribution in [0.4, 0.5) is 11.5 Å². The van der Waals surface area contributed by atoms with Crippen molar-refractivity contribution in [1.82, 2.24) is 15.2 Å². The second-order valence-corrected chi connectivity index (χ2v) is 6.20. The molecule has 1 amide bonds. The topological polar surface area (TPSA) is 100 Å². The summed E-state index contributed by atoms with van der Waals surface area (Å²) in [6.07, 6.45) is 4.65. The van der Waals surface area contributed by atoms with Crippen LogP contribution in [0.1, 0.15) is 19.3 Å². The Labute approximate surface area is 158 Å². The molecule has 8 nitrogen and oxygen atoms in total. The second-order valence-electron chi connectivity index (χ2n) is 6.20. The number of carbonyl (C=O) groups is 1. The molecule has 140 valence electrons. The molecule has 25 heavy (non-hydrogen) atoms. The number of nitrogens with one attached hydrogen (secondary N) is 2. The van der Waals surface area contributed by atoms with Crippen LogP contribution in [0.3, 0.4) is 0 Å². The number of carbonyl (C=O) groups excluding carboxylic acids is 1. The van der Waals surface area contributed by atoms with Gasteiger partial charge in [0.1, 0.15) is 12.0 Å². The molecule has 1 aliphatic carbocycles. The Kier molecular flexibility index (Phi) is 8.34. The molecule has 0 spiro atoms. The van der Waals surface area contributed by atoms with Crippen LogP contribution < -0.4 is 10.6 Å². The highest BCUT2D eigenvalue weighted by atomic mass is 35.5. The van der Waals surface area contributed by atoms with Gasteiger partial charge in [0, 0.05) is 25.2 Å². The minimum absolute atomic E-state index is 0. The van der Waals surface area contributed by atoms with Gasteiger partial charge in [0.25, 0.3) is 5.69 Å². The molecule has 0 radical (unpaired) electrons.